The molecule has 1 atom stereocenters. The lowest BCUT2D eigenvalue weighted by molar-refractivity contribution is 0.0961. The first-order chi connectivity index (χ1) is 7.72. The molecule has 1 aliphatic rings. The molecule has 1 fully saturated rings. The first-order valence-electron chi connectivity index (χ1n) is 5.86. The Morgan fingerprint density at radius 2 is 2.38 bits per heavy atom. The molecule has 1 aromatic rings. The van der Waals surface area contributed by atoms with Gasteiger partial charge in [-0.15, -0.1) is 0 Å². The number of hydrogen-bond donors (Lipinski definition) is 0. The summed E-state index contributed by atoms with van der Waals surface area (Å²) < 4.78 is 7.93. The standard InChI is InChI=1S/C13H18N2O/c1-10-8-12(5-6-14)11(2)15(10)9-13-4-3-7-16-13/h8,13H,3-5,7,9H2,1-2H3. The van der Waals surface area contributed by atoms with Gasteiger partial charge in [-0.1, -0.05) is 0 Å². The van der Waals surface area contributed by atoms with Crippen LogP contribution in [0.2, 0.25) is 0 Å². The van der Waals surface area contributed by atoms with Gasteiger partial charge in [-0.25, -0.2) is 0 Å². The van der Waals surface area contributed by atoms with E-state index < -0.39 is 0 Å². The fraction of sp³-hybridized carbons (Fsp3) is 0.615. The molecule has 3 heteroatoms. The molecule has 16 heavy (non-hydrogen) atoms. The highest BCUT2D eigenvalue weighted by Gasteiger charge is 2.18. The van der Waals surface area contributed by atoms with E-state index in [4.69, 9.17) is 10.00 Å². The molecule has 0 N–H and O–H groups in total. The third-order valence-electron chi connectivity index (χ3n) is 3.36. The summed E-state index contributed by atoms with van der Waals surface area (Å²) in [5.74, 6) is 0. The summed E-state index contributed by atoms with van der Waals surface area (Å²) in [6.07, 6.45) is 3.20. The van der Waals surface area contributed by atoms with E-state index in [2.05, 4.69) is 30.6 Å². The van der Waals surface area contributed by atoms with Gasteiger partial charge in [0.05, 0.1) is 18.6 Å². The lowest BCUT2D eigenvalue weighted by Crippen LogP contribution is -2.16. The van der Waals surface area contributed by atoms with Crippen LogP contribution in [0.5, 0.6) is 0 Å². The summed E-state index contributed by atoms with van der Waals surface area (Å²) in [6, 6.07) is 4.33. The minimum atomic E-state index is 0.361. The predicted octanol–water partition coefficient (Wildman–Crippen LogP) is 2.35. The van der Waals surface area contributed by atoms with E-state index in [1.54, 1.807) is 0 Å². The summed E-state index contributed by atoms with van der Waals surface area (Å²) >= 11 is 0. The van der Waals surface area contributed by atoms with Gasteiger partial charge in [-0.3, -0.25) is 0 Å². The smallest absolute Gasteiger partial charge is 0.0754 e. The lowest BCUT2D eigenvalue weighted by atomic mass is 10.2. The number of nitriles is 1. The van der Waals surface area contributed by atoms with Crippen LogP contribution >= 0.6 is 0 Å². The van der Waals surface area contributed by atoms with E-state index in [1.807, 2.05) is 0 Å². The number of hydrogen-bond acceptors (Lipinski definition) is 2. The highest BCUT2D eigenvalue weighted by molar-refractivity contribution is 5.29. The molecule has 1 unspecified atom stereocenters. The zero-order valence-corrected chi connectivity index (χ0v) is 9.99. The number of rotatable bonds is 3. The summed E-state index contributed by atoms with van der Waals surface area (Å²) in [4.78, 5) is 0. The van der Waals surface area contributed by atoms with Crippen molar-refractivity contribution in [1.29, 1.82) is 5.26 Å². The number of aromatic nitrogens is 1. The largest absolute Gasteiger partial charge is 0.376 e. The molecular weight excluding hydrogens is 200 g/mol. The van der Waals surface area contributed by atoms with Crippen molar-refractivity contribution >= 4 is 0 Å². The minimum absolute atomic E-state index is 0.361. The maximum Gasteiger partial charge on any atom is 0.0754 e. The molecule has 2 rings (SSSR count). The summed E-state index contributed by atoms with van der Waals surface area (Å²) in [5, 5.41) is 8.74. The quantitative estimate of drug-likeness (QED) is 0.781. The van der Waals surface area contributed by atoms with Crippen molar-refractivity contribution < 1.29 is 4.74 Å². The van der Waals surface area contributed by atoms with Crippen LogP contribution < -0.4 is 0 Å². The molecule has 0 spiro atoms. The van der Waals surface area contributed by atoms with Crippen molar-refractivity contribution in [3.63, 3.8) is 0 Å². The van der Waals surface area contributed by atoms with Crippen LogP contribution in [-0.2, 0) is 17.7 Å². The second-order valence-electron chi connectivity index (χ2n) is 4.48. The average molecular weight is 218 g/mol. The van der Waals surface area contributed by atoms with Gasteiger partial charge in [0, 0.05) is 24.5 Å². The van der Waals surface area contributed by atoms with Crippen molar-refractivity contribution in [3.8, 4) is 6.07 Å². The highest BCUT2D eigenvalue weighted by Crippen LogP contribution is 2.20. The second kappa shape index (κ2) is 4.71. The van der Waals surface area contributed by atoms with Crippen LogP contribution in [0.1, 0.15) is 29.8 Å². The highest BCUT2D eigenvalue weighted by atomic mass is 16.5. The van der Waals surface area contributed by atoms with Gasteiger partial charge < -0.3 is 9.30 Å². The van der Waals surface area contributed by atoms with Crippen molar-refractivity contribution in [3.05, 3.63) is 23.0 Å². The molecule has 0 radical (unpaired) electrons. The second-order valence-corrected chi connectivity index (χ2v) is 4.48. The van der Waals surface area contributed by atoms with E-state index in [1.165, 1.54) is 17.8 Å². The number of nitrogens with zero attached hydrogens (tertiary/aromatic N) is 2. The van der Waals surface area contributed by atoms with Gasteiger partial charge >= 0.3 is 0 Å². The molecule has 86 valence electrons. The van der Waals surface area contributed by atoms with Crippen molar-refractivity contribution in [1.82, 2.24) is 4.57 Å². The molecular formula is C13H18N2O. The van der Waals surface area contributed by atoms with Crippen LogP contribution in [0.3, 0.4) is 0 Å². The topological polar surface area (TPSA) is 38.0 Å². The molecule has 1 saturated heterocycles. The summed E-state index contributed by atoms with van der Waals surface area (Å²) in [7, 11) is 0. The van der Waals surface area contributed by atoms with Gasteiger partial charge in [0.15, 0.2) is 0 Å². The first-order valence-corrected chi connectivity index (χ1v) is 5.86. The molecule has 2 heterocycles. The number of ether oxygens (including phenoxy) is 1. The summed E-state index contributed by atoms with van der Waals surface area (Å²) in [6.45, 7) is 6.02. The van der Waals surface area contributed by atoms with Crippen LogP contribution in [-0.4, -0.2) is 17.3 Å². The summed E-state index contributed by atoms with van der Waals surface area (Å²) in [5.41, 5.74) is 3.60. The van der Waals surface area contributed by atoms with Gasteiger partial charge in [-0.2, -0.15) is 5.26 Å². The van der Waals surface area contributed by atoms with E-state index in [-0.39, 0.29) is 0 Å². The molecule has 1 aliphatic heterocycles. The SMILES string of the molecule is Cc1cc(CC#N)c(C)n1CC1CCCO1. The van der Waals surface area contributed by atoms with Crippen LogP contribution in [0.15, 0.2) is 6.07 Å². The molecule has 1 aromatic heterocycles. The average Bonchev–Trinajstić information content (AvgIpc) is 2.84. The zero-order valence-electron chi connectivity index (χ0n) is 9.99. The fourth-order valence-electron chi connectivity index (χ4n) is 2.41. The van der Waals surface area contributed by atoms with E-state index >= 15 is 0 Å². The van der Waals surface area contributed by atoms with Gasteiger partial charge in [0.25, 0.3) is 0 Å². The monoisotopic (exact) mass is 218 g/mol. The predicted molar refractivity (Wildman–Crippen MR) is 62.2 cm³/mol. The van der Waals surface area contributed by atoms with Crippen LogP contribution in [0.4, 0.5) is 0 Å². The zero-order chi connectivity index (χ0) is 11.5. The van der Waals surface area contributed by atoms with E-state index in [0.29, 0.717) is 12.5 Å². The van der Waals surface area contributed by atoms with E-state index in [9.17, 15) is 0 Å². The van der Waals surface area contributed by atoms with Crippen LogP contribution in [0, 0.1) is 25.2 Å². The van der Waals surface area contributed by atoms with Crippen LogP contribution in [0.25, 0.3) is 0 Å². The van der Waals surface area contributed by atoms with Crippen molar-refractivity contribution in [2.24, 2.45) is 0 Å². The molecule has 0 aromatic carbocycles. The third kappa shape index (κ3) is 2.12. The Morgan fingerprint density at radius 1 is 1.56 bits per heavy atom. The molecule has 0 amide bonds. The first kappa shape index (κ1) is 11.2. The Kier molecular flexibility index (Phi) is 3.31. The molecule has 0 aliphatic carbocycles. The normalized spacial score (nSPS) is 19.9. The van der Waals surface area contributed by atoms with Gasteiger partial charge in [0.2, 0.25) is 0 Å². The Morgan fingerprint density at radius 3 is 3.00 bits per heavy atom. The lowest BCUT2D eigenvalue weighted by Gasteiger charge is -2.14. The Hall–Kier alpha value is -1.27. The van der Waals surface area contributed by atoms with Crippen molar-refractivity contribution in [2.75, 3.05) is 6.61 Å². The Bertz CT molecular complexity index is 408. The number of aryl methyl sites for hydroxylation is 1. The van der Waals surface area contributed by atoms with Crippen molar-refractivity contribution in [2.45, 2.75) is 45.8 Å². The molecule has 0 saturated carbocycles. The third-order valence-corrected chi connectivity index (χ3v) is 3.36. The minimum Gasteiger partial charge on any atom is -0.376 e. The molecule has 3 nitrogen and oxygen atoms in total. The maximum absolute atomic E-state index is 8.74. The Balaban J connectivity index is 2.16. The fourth-order valence-corrected chi connectivity index (χ4v) is 2.41. The van der Waals surface area contributed by atoms with Gasteiger partial charge in [-0.05, 0) is 38.3 Å². The molecule has 0 bridgehead atoms. The Labute approximate surface area is 96.6 Å². The maximum atomic E-state index is 8.74. The van der Waals surface area contributed by atoms with Gasteiger partial charge in [0.1, 0.15) is 0 Å². The van der Waals surface area contributed by atoms with E-state index in [0.717, 1.165) is 25.1 Å².